The molecule has 2 aliphatic rings. The SMILES string of the molecule is O=S1(=O)OC2CNCCNCCNCCN2O1. The van der Waals surface area contributed by atoms with E-state index in [4.69, 9.17) is 8.47 Å². The smallest absolute Gasteiger partial charge is 0.314 e. The molecule has 0 aromatic rings. The van der Waals surface area contributed by atoms with Gasteiger partial charge in [-0.05, 0) is 0 Å². The van der Waals surface area contributed by atoms with Gasteiger partial charge in [0.15, 0.2) is 6.23 Å². The van der Waals surface area contributed by atoms with E-state index in [9.17, 15) is 8.42 Å². The third-order valence-corrected chi connectivity index (χ3v) is 3.35. The van der Waals surface area contributed by atoms with Crippen molar-refractivity contribution >= 4 is 10.4 Å². The molecule has 0 amide bonds. The molecule has 17 heavy (non-hydrogen) atoms. The molecule has 100 valence electrons. The Hall–Kier alpha value is -0.290. The van der Waals surface area contributed by atoms with Crippen molar-refractivity contribution in [2.75, 3.05) is 45.8 Å². The molecule has 0 aliphatic carbocycles. The van der Waals surface area contributed by atoms with Crippen molar-refractivity contribution in [3.8, 4) is 0 Å². The van der Waals surface area contributed by atoms with Crippen molar-refractivity contribution in [2.45, 2.75) is 6.23 Å². The predicted molar refractivity (Wildman–Crippen MR) is 60.2 cm³/mol. The Morgan fingerprint density at radius 3 is 2.41 bits per heavy atom. The number of hydrogen-bond acceptors (Lipinski definition) is 8. The van der Waals surface area contributed by atoms with Crippen LogP contribution in [0.2, 0.25) is 0 Å². The molecule has 2 aliphatic heterocycles. The Morgan fingerprint density at radius 1 is 1.00 bits per heavy atom. The van der Waals surface area contributed by atoms with Crippen molar-refractivity contribution < 1.29 is 16.9 Å². The normalized spacial score (nSPS) is 32.4. The molecule has 9 heteroatoms. The van der Waals surface area contributed by atoms with Gasteiger partial charge in [0, 0.05) is 45.8 Å². The summed E-state index contributed by atoms with van der Waals surface area (Å²) >= 11 is 0. The number of hydrogen-bond donors (Lipinski definition) is 3. The Balaban J connectivity index is 1.91. The van der Waals surface area contributed by atoms with Gasteiger partial charge >= 0.3 is 10.4 Å². The third-order valence-electron chi connectivity index (χ3n) is 2.52. The van der Waals surface area contributed by atoms with Crippen molar-refractivity contribution in [3.05, 3.63) is 0 Å². The second-order valence-corrected chi connectivity index (χ2v) is 5.04. The van der Waals surface area contributed by atoms with Gasteiger partial charge in [-0.2, -0.15) is 12.7 Å². The fraction of sp³-hybridized carbons (Fsp3) is 1.00. The van der Waals surface area contributed by atoms with Crippen molar-refractivity contribution in [1.29, 1.82) is 0 Å². The maximum atomic E-state index is 11.2. The first-order valence-electron chi connectivity index (χ1n) is 5.69. The minimum atomic E-state index is -3.86. The fourth-order valence-electron chi connectivity index (χ4n) is 1.70. The Morgan fingerprint density at radius 2 is 1.65 bits per heavy atom. The van der Waals surface area contributed by atoms with E-state index in [1.165, 1.54) is 5.06 Å². The standard InChI is InChI=1S/C8H18N4O4S/c13-17(14)15-8-7-11-4-3-9-1-2-10-5-6-12(8)16-17/h8-11H,1-7H2. The average molecular weight is 266 g/mol. The lowest BCUT2D eigenvalue weighted by atomic mass is 10.4. The van der Waals surface area contributed by atoms with E-state index in [1.54, 1.807) is 0 Å². The summed E-state index contributed by atoms with van der Waals surface area (Å²) in [4.78, 5) is 0. The molecule has 0 saturated carbocycles. The summed E-state index contributed by atoms with van der Waals surface area (Å²) in [7, 11) is -3.86. The van der Waals surface area contributed by atoms with Crippen LogP contribution in [0, 0.1) is 0 Å². The van der Waals surface area contributed by atoms with E-state index >= 15 is 0 Å². The molecule has 0 bridgehead atoms. The van der Waals surface area contributed by atoms with Crippen LogP contribution in [0.25, 0.3) is 0 Å². The summed E-state index contributed by atoms with van der Waals surface area (Å²) < 4.78 is 31.9. The first-order chi connectivity index (χ1) is 8.17. The zero-order chi connectivity index (χ0) is 12.1. The first kappa shape index (κ1) is 13.1. The van der Waals surface area contributed by atoms with Gasteiger partial charge in [0.25, 0.3) is 0 Å². The number of nitrogens with one attached hydrogen (secondary N) is 3. The lowest BCUT2D eigenvalue weighted by Gasteiger charge is -2.20. The van der Waals surface area contributed by atoms with Gasteiger partial charge in [-0.25, -0.2) is 4.18 Å². The summed E-state index contributed by atoms with van der Waals surface area (Å²) in [6.45, 7) is 4.85. The van der Waals surface area contributed by atoms with Gasteiger partial charge in [0.05, 0.1) is 0 Å². The monoisotopic (exact) mass is 266 g/mol. The molecule has 2 heterocycles. The summed E-state index contributed by atoms with van der Waals surface area (Å²) in [6.07, 6.45) is -0.582. The summed E-state index contributed by atoms with van der Waals surface area (Å²) in [5.41, 5.74) is 0. The Labute approximate surface area is 101 Å². The van der Waals surface area contributed by atoms with Crippen LogP contribution < -0.4 is 16.0 Å². The maximum Gasteiger partial charge on any atom is 0.418 e. The van der Waals surface area contributed by atoms with Crippen LogP contribution in [0.5, 0.6) is 0 Å². The van der Waals surface area contributed by atoms with Crippen LogP contribution in [0.1, 0.15) is 0 Å². The van der Waals surface area contributed by atoms with Gasteiger partial charge < -0.3 is 16.0 Å². The van der Waals surface area contributed by atoms with Crippen LogP contribution in [-0.2, 0) is 18.9 Å². The minimum absolute atomic E-state index is 0.418. The number of nitrogens with zero attached hydrogens (tertiary/aromatic N) is 1. The molecule has 2 saturated heterocycles. The fourth-order valence-corrected chi connectivity index (χ4v) is 2.58. The van der Waals surface area contributed by atoms with Gasteiger partial charge in [-0.3, -0.25) is 0 Å². The van der Waals surface area contributed by atoms with Gasteiger partial charge in [-0.15, -0.1) is 5.06 Å². The average Bonchev–Trinajstić information content (AvgIpc) is 2.54. The lowest BCUT2D eigenvalue weighted by Crippen LogP contribution is -2.44. The molecule has 2 rings (SSSR count). The molecule has 1 unspecified atom stereocenters. The molecule has 3 N–H and O–H groups in total. The Bertz CT molecular complexity index is 310. The van der Waals surface area contributed by atoms with E-state index in [-0.39, 0.29) is 0 Å². The van der Waals surface area contributed by atoms with Crippen LogP contribution in [-0.4, -0.2) is 65.5 Å². The highest BCUT2D eigenvalue weighted by Crippen LogP contribution is 2.18. The molecule has 1 atom stereocenters. The highest BCUT2D eigenvalue weighted by atomic mass is 32.3. The summed E-state index contributed by atoms with van der Waals surface area (Å²) in [5, 5.41) is 10.9. The van der Waals surface area contributed by atoms with E-state index in [0.717, 1.165) is 26.2 Å². The molecule has 2 fully saturated rings. The zero-order valence-corrected chi connectivity index (χ0v) is 10.3. The van der Waals surface area contributed by atoms with Crippen molar-refractivity contribution in [2.24, 2.45) is 0 Å². The topological polar surface area (TPSA) is 91.9 Å². The van der Waals surface area contributed by atoms with Crippen molar-refractivity contribution in [1.82, 2.24) is 21.0 Å². The molecule has 0 radical (unpaired) electrons. The lowest BCUT2D eigenvalue weighted by molar-refractivity contribution is -0.0928. The number of hydroxylamine groups is 2. The van der Waals surface area contributed by atoms with Gasteiger partial charge in [0.2, 0.25) is 0 Å². The molecule has 0 aromatic carbocycles. The number of rotatable bonds is 0. The third kappa shape index (κ3) is 4.14. The van der Waals surface area contributed by atoms with E-state index < -0.39 is 16.6 Å². The second-order valence-electron chi connectivity index (χ2n) is 3.88. The minimum Gasteiger partial charge on any atom is -0.314 e. The van der Waals surface area contributed by atoms with E-state index in [0.29, 0.717) is 19.6 Å². The highest BCUT2D eigenvalue weighted by molar-refractivity contribution is 7.82. The molecule has 0 aromatic heterocycles. The molecule has 8 nitrogen and oxygen atoms in total. The van der Waals surface area contributed by atoms with Gasteiger partial charge in [0.1, 0.15) is 0 Å². The van der Waals surface area contributed by atoms with Crippen LogP contribution in [0.15, 0.2) is 0 Å². The first-order valence-corrected chi connectivity index (χ1v) is 7.02. The quantitative estimate of drug-likeness (QED) is 0.447. The molecular weight excluding hydrogens is 248 g/mol. The van der Waals surface area contributed by atoms with Crippen molar-refractivity contribution in [3.63, 3.8) is 0 Å². The highest BCUT2D eigenvalue weighted by Gasteiger charge is 2.37. The zero-order valence-electron chi connectivity index (χ0n) is 9.52. The van der Waals surface area contributed by atoms with Crippen LogP contribution in [0.4, 0.5) is 0 Å². The maximum absolute atomic E-state index is 11.2. The van der Waals surface area contributed by atoms with Crippen LogP contribution >= 0.6 is 0 Å². The van der Waals surface area contributed by atoms with Crippen LogP contribution in [0.3, 0.4) is 0 Å². The van der Waals surface area contributed by atoms with Gasteiger partial charge in [-0.1, -0.05) is 0 Å². The largest absolute Gasteiger partial charge is 0.418 e. The Kier molecular flexibility index (Phi) is 4.68. The summed E-state index contributed by atoms with van der Waals surface area (Å²) in [6, 6.07) is 0. The molecule has 0 spiro atoms. The predicted octanol–water partition coefficient (Wildman–Crippen LogP) is -2.40. The summed E-state index contributed by atoms with van der Waals surface area (Å²) in [5.74, 6) is 0. The number of fused-ring (bicyclic) bond motifs is 1. The second kappa shape index (κ2) is 6.05. The van der Waals surface area contributed by atoms with E-state index in [1.807, 2.05) is 0 Å². The molecular formula is C8H18N4O4S. The van der Waals surface area contributed by atoms with E-state index in [2.05, 4.69) is 16.0 Å².